The molecule has 1 aliphatic rings. The van der Waals surface area contributed by atoms with Crippen molar-refractivity contribution in [2.45, 2.75) is 37.7 Å². The molecule has 0 saturated carbocycles. The Hall–Kier alpha value is -1.50. The molecule has 1 aromatic heterocycles. The van der Waals surface area contributed by atoms with Crippen LogP contribution in [-0.2, 0) is 16.1 Å². The molecule has 0 spiro atoms. The van der Waals surface area contributed by atoms with E-state index in [1.165, 1.54) is 4.90 Å². The summed E-state index contributed by atoms with van der Waals surface area (Å²) in [6.07, 6.45) is 4.49. The number of thioether (sulfide) groups is 1. The van der Waals surface area contributed by atoms with Crippen molar-refractivity contribution in [2.75, 3.05) is 5.75 Å². The molecule has 6 nitrogen and oxygen atoms in total. The first-order valence-corrected chi connectivity index (χ1v) is 7.31. The molecule has 0 aliphatic carbocycles. The number of aromatic nitrogens is 2. The maximum atomic E-state index is 12.2. The lowest BCUT2D eigenvalue weighted by molar-refractivity contribution is -0.149. The van der Waals surface area contributed by atoms with Crippen molar-refractivity contribution in [3.8, 4) is 0 Å². The van der Waals surface area contributed by atoms with Crippen LogP contribution < -0.4 is 0 Å². The molecule has 104 valence electrons. The Morgan fingerprint density at radius 3 is 2.89 bits per heavy atom. The minimum Gasteiger partial charge on any atom is -0.480 e. The lowest BCUT2D eigenvalue weighted by Gasteiger charge is -2.26. The zero-order valence-corrected chi connectivity index (χ0v) is 11.5. The molecule has 1 fully saturated rings. The maximum Gasteiger partial charge on any atom is 0.327 e. The number of carbonyl (C=O) groups is 2. The summed E-state index contributed by atoms with van der Waals surface area (Å²) in [6.45, 7) is 2.45. The van der Waals surface area contributed by atoms with Crippen LogP contribution in [0.2, 0.25) is 0 Å². The van der Waals surface area contributed by atoms with Gasteiger partial charge in [0.15, 0.2) is 0 Å². The molecule has 2 unspecified atom stereocenters. The number of hydrogen-bond donors (Lipinski definition) is 1. The Kier molecular flexibility index (Phi) is 4.47. The predicted molar refractivity (Wildman–Crippen MR) is 71.7 cm³/mol. The van der Waals surface area contributed by atoms with Crippen molar-refractivity contribution in [1.29, 1.82) is 0 Å². The molecular formula is C12H17N3O3S. The Balaban J connectivity index is 2.00. The van der Waals surface area contributed by atoms with Crippen molar-refractivity contribution in [3.63, 3.8) is 0 Å². The maximum absolute atomic E-state index is 12.2. The molecule has 1 amide bonds. The van der Waals surface area contributed by atoms with Crippen molar-refractivity contribution in [2.24, 2.45) is 0 Å². The van der Waals surface area contributed by atoms with Crippen LogP contribution in [0.25, 0.3) is 0 Å². The van der Waals surface area contributed by atoms with Crippen LogP contribution in [0.4, 0.5) is 0 Å². The minimum absolute atomic E-state index is 0.0220. The third-order valence-corrected chi connectivity index (χ3v) is 4.58. The van der Waals surface area contributed by atoms with E-state index in [4.69, 9.17) is 0 Å². The number of nitrogens with zero attached hydrogens (tertiary/aromatic N) is 3. The Morgan fingerprint density at radius 1 is 1.53 bits per heavy atom. The summed E-state index contributed by atoms with van der Waals surface area (Å²) in [6, 6.07) is 1.10. The quantitative estimate of drug-likeness (QED) is 0.873. The molecule has 1 aliphatic heterocycles. The summed E-state index contributed by atoms with van der Waals surface area (Å²) < 4.78 is 1.68. The van der Waals surface area contributed by atoms with Gasteiger partial charge in [0.25, 0.3) is 0 Å². The third-order valence-electron chi connectivity index (χ3n) is 3.13. The zero-order chi connectivity index (χ0) is 13.8. The van der Waals surface area contributed by atoms with Gasteiger partial charge in [0, 0.05) is 31.1 Å². The van der Waals surface area contributed by atoms with Gasteiger partial charge in [-0.05, 0) is 12.5 Å². The zero-order valence-electron chi connectivity index (χ0n) is 10.7. The number of aryl methyl sites for hydroxylation is 1. The number of carbonyl (C=O) groups excluding carboxylic acids is 1. The summed E-state index contributed by atoms with van der Waals surface area (Å²) in [5, 5.41) is 13.2. The summed E-state index contributed by atoms with van der Waals surface area (Å²) in [7, 11) is 0. The smallest absolute Gasteiger partial charge is 0.327 e. The van der Waals surface area contributed by atoms with Gasteiger partial charge in [0.1, 0.15) is 6.04 Å². The molecule has 1 saturated heterocycles. The summed E-state index contributed by atoms with van der Waals surface area (Å²) in [5.74, 6) is -0.558. The fourth-order valence-corrected chi connectivity index (χ4v) is 3.54. The molecular weight excluding hydrogens is 266 g/mol. The van der Waals surface area contributed by atoms with Gasteiger partial charge in [-0.3, -0.25) is 9.48 Å². The summed E-state index contributed by atoms with van der Waals surface area (Å²) in [5.41, 5.74) is 0. The van der Waals surface area contributed by atoms with Crippen LogP contribution in [0.3, 0.4) is 0 Å². The molecule has 19 heavy (non-hydrogen) atoms. The van der Waals surface area contributed by atoms with Crippen LogP contribution >= 0.6 is 11.8 Å². The number of hydrogen-bond acceptors (Lipinski definition) is 4. The number of carboxylic acid groups (broad SMARTS) is 1. The van der Waals surface area contributed by atoms with Crippen LogP contribution in [0.15, 0.2) is 18.5 Å². The molecule has 0 aromatic carbocycles. The first-order valence-electron chi connectivity index (χ1n) is 6.26. The fraction of sp³-hybridized carbons (Fsp3) is 0.583. The molecule has 1 aromatic rings. The van der Waals surface area contributed by atoms with E-state index in [0.717, 1.165) is 6.42 Å². The van der Waals surface area contributed by atoms with E-state index < -0.39 is 12.0 Å². The number of amides is 1. The molecule has 0 bridgehead atoms. The fourth-order valence-electron chi connectivity index (χ4n) is 2.17. The van der Waals surface area contributed by atoms with E-state index >= 15 is 0 Å². The standard InChI is InChI=1S/C12H17N3O3S/c1-2-11-15(9(8-19-11)12(17)18)10(16)4-7-14-6-3-5-13-14/h3,5-6,9,11H,2,4,7-8H2,1H3,(H,17,18). The highest BCUT2D eigenvalue weighted by Gasteiger charge is 2.40. The van der Waals surface area contributed by atoms with Crippen LogP contribution in [0.1, 0.15) is 19.8 Å². The second-order valence-corrected chi connectivity index (χ2v) is 5.58. The Labute approximate surface area is 115 Å². The lowest BCUT2D eigenvalue weighted by Crippen LogP contribution is -2.45. The normalized spacial score (nSPS) is 22.7. The van der Waals surface area contributed by atoms with E-state index in [0.29, 0.717) is 12.3 Å². The van der Waals surface area contributed by atoms with Gasteiger partial charge in [-0.25, -0.2) is 4.79 Å². The average molecular weight is 283 g/mol. The number of carboxylic acids is 1. The van der Waals surface area contributed by atoms with Crippen molar-refractivity contribution in [1.82, 2.24) is 14.7 Å². The number of rotatable bonds is 5. The Morgan fingerprint density at radius 2 is 2.32 bits per heavy atom. The summed E-state index contributed by atoms with van der Waals surface area (Å²) in [4.78, 5) is 24.9. The highest BCUT2D eigenvalue weighted by molar-refractivity contribution is 8.00. The highest BCUT2D eigenvalue weighted by Crippen LogP contribution is 2.31. The van der Waals surface area contributed by atoms with Gasteiger partial charge in [0.2, 0.25) is 5.91 Å². The van der Waals surface area contributed by atoms with Crippen LogP contribution in [0.5, 0.6) is 0 Å². The minimum atomic E-state index is -0.920. The van der Waals surface area contributed by atoms with E-state index in [2.05, 4.69) is 5.10 Å². The average Bonchev–Trinajstić information content (AvgIpc) is 3.04. The van der Waals surface area contributed by atoms with Gasteiger partial charge in [-0.15, -0.1) is 11.8 Å². The second kappa shape index (κ2) is 6.10. The van der Waals surface area contributed by atoms with Gasteiger partial charge in [-0.1, -0.05) is 6.92 Å². The van der Waals surface area contributed by atoms with Crippen molar-refractivity contribution >= 4 is 23.6 Å². The first kappa shape index (κ1) is 13.9. The molecule has 2 rings (SSSR count). The second-order valence-electron chi connectivity index (χ2n) is 4.37. The van der Waals surface area contributed by atoms with Crippen LogP contribution in [0, 0.1) is 0 Å². The summed E-state index contributed by atoms with van der Waals surface area (Å²) >= 11 is 1.54. The predicted octanol–water partition coefficient (Wildman–Crippen LogP) is 1.04. The monoisotopic (exact) mass is 283 g/mol. The highest BCUT2D eigenvalue weighted by atomic mass is 32.2. The van der Waals surface area contributed by atoms with Gasteiger partial charge < -0.3 is 10.0 Å². The van der Waals surface area contributed by atoms with Gasteiger partial charge in [-0.2, -0.15) is 5.10 Å². The van der Waals surface area contributed by atoms with E-state index in [-0.39, 0.29) is 17.7 Å². The number of aliphatic carboxylic acids is 1. The van der Waals surface area contributed by atoms with Gasteiger partial charge >= 0.3 is 5.97 Å². The van der Waals surface area contributed by atoms with E-state index in [1.807, 2.05) is 6.92 Å². The topological polar surface area (TPSA) is 75.4 Å². The molecule has 2 atom stereocenters. The van der Waals surface area contributed by atoms with Crippen molar-refractivity contribution in [3.05, 3.63) is 18.5 Å². The van der Waals surface area contributed by atoms with Crippen LogP contribution in [-0.4, -0.2) is 48.8 Å². The van der Waals surface area contributed by atoms with Gasteiger partial charge in [0.05, 0.1) is 5.37 Å². The SMILES string of the molecule is CCC1SCC(C(=O)O)N1C(=O)CCn1cccn1. The molecule has 2 heterocycles. The van der Waals surface area contributed by atoms with E-state index in [1.54, 1.807) is 34.9 Å². The third kappa shape index (κ3) is 3.09. The Bertz CT molecular complexity index is 449. The first-order chi connectivity index (χ1) is 9.13. The van der Waals surface area contributed by atoms with E-state index in [9.17, 15) is 14.7 Å². The molecule has 0 radical (unpaired) electrons. The largest absolute Gasteiger partial charge is 0.480 e. The molecule has 1 N–H and O–H groups in total. The lowest BCUT2D eigenvalue weighted by atomic mass is 10.2. The molecule has 7 heteroatoms. The van der Waals surface area contributed by atoms with Crippen molar-refractivity contribution < 1.29 is 14.7 Å².